The van der Waals surface area contributed by atoms with Gasteiger partial charge in [0.2, 0.25) is 10.0 Å². The smallest absolute Gasteiger partial charge is 0.254 e. The lowest BCUT2D eigenvalue weighted by Gasteiger charge is -2.33. The summed E-state index contributed by atoms with van der Waals surface area (Å²) in [5.41, 5.74) is 1.09. The average molecular weight is 371 g/mol. The molecule has 26 heavy (non-hydrogen) atoms. The number of aromatic nitrogens is 3. The van der Waals surface area contributed by atoms with Crippen molar-refractivity contribution in [2.24, 2.45) is 0 Å². The monoisotopic (exact) mass is 371 g/mol. The van der Waals surface area contributed by atoms with E-state index >= 15 is 0 Å². The molecule has 134 valence electrons. The molecular weight excluding hydrogens is 354 g/mol. The zero-order valence-corrected chi connectivity index (χ0v) is 14.7. The number of fused-ring (bicyclic) bond motifs is 1. The molecule has 8 nitrogen and oxygen atoms in total. The minimum absolute atomic E-state index is 0.110. The number of hydrogen-bond acceptors (Lipinski definition) is 5. The summed E-state index contributed by atoms with van der Waals surface area (Å²) in [7, 11) is -3.64. The van der Waals surface area contributed by atoms with Crippen molar-refractivity contribution in [3.8, 4) is 0 Å². The summed E-state index contributed by atoms with van der Waals surface area (Å²) in [5.74, 6) is -0.110. The molecule has 0 aliphatic carbocycles. The molecule has 0 spiro atoms. The molecule has 1 aliphatic heterocycles. The number of H-pyrrole nitrogens is 1. The second kappa shape index (κ2) is 6.50. The minimum Gasteiger partial charge on any atom is -0.345 e. The van der Waals surface area contributed by atoms with Gasteiger partial charge in [-0.2, -0.15) is 4.31 Å². The highest BCUT2D eigenvalue weighted by Gasteiger charge is 2.32. The Morgan fingerprint density at radius 2 is 1.77 bits per heavy atom. The first-order chi connectivity index (χ1) is 12.6. The van der Waals surface area contributed by atoms with Crippen LogP contribution in [0.25, 0.3) is 11.0 Å². The van der Waals surface area contributed by atoms with Crippen molar-refractivity contribution < 1.29 is 13.2 Å². The maximum Gasteiger partial charge on any atom is 0.254 e. The molecule has 9 heteroatoms. The highest BCUT2D eigenvalue weighted by molar-refractivity contribution is 7.89. The van der Waals surface area contributed by atoms with Crippen LogP contribution in [0.15, 0.2) is 53.9 Å². The van der Waals surface area contributed by atoms with Crippen molar-refractivity contribution in [1.82, 2.24) is 24.2 Å². The van der Waals surface area contributed by atoms with E-state index in [2.05, 4.69) is 15.0 Å². The van der Waals surface area contributed by atoms with E-state index in [1.54, 1.807) is 47.8 Å². The Labute approximate surface area is 150 Å². The second-order valence-corrected chi connectivity index (χ2v) is 7.89. The Hall–Kier alpha value is -2.78. The third-order valence-corrected chi connectivity index (χ3v) is 6.42. The fourth-order valence-electron chi connectivity index (χ4n) is 3.09. The molecule has 4 heterocycles. The van der Waals surface area contributed by atoms with E-state index in [1.165, 1.54) is 10.5 Å². The Morgan fingerprint density at radius 3 is 2.50 bits per heavy atom. The van der Waals surface area contributed by atoms with Gasteiger partial charge in [-0.25, -0.2) is 13.4 Å². The molecule has 1 N–H and O–H groups in total. The SMILES string of the molecule is O=C(c1ccncc1)N1CCN(S(=O)(=O)c2c[nH]c3ncccc23)CC1. The fourth-order valence-corrected chi connectivity index (χ4v) is 4.66. The molecule has 3 aromatic heterocycles. The topological polar surface area (TPSA) is 99.3 Å². The molecule has 1 fully saturated rings. The zero-order chi connectivity index (χ0) is 18.1. The van der Waals surface area contributed by atoms with Crippen LogP contribution >= 0.6 is 0 Å². The predicted molar refractivity (Wildman–Crippen MR) is 95.0 cm³/mol. The number of nitrogens with one attached hydrogen (secondary N) is 1. The number of carbonyl (C=O) groups is 1. The van der Waals surface area contributed by atoms with Gasteiger partial charge in [0.1, 0.15) is 10.5 Å². The summed E-state index contributed by atoms with van der Waals surface area (Å²) in [5, 5.41) is 0.572. The number of pyridine rings is 2. The summed E-state index contributed by atoms with van der Waals surface area (Å²) in [4.78, 5) is 25.3. The molecule has 1 saturated heterocycles. The molecule has 0 unspecified atom stereocenters. The summed E-state index contributed by atoms with van der Waals surface area (Å²) >= 11 is 0. The summed E-state index contributed by atoms with van der Waals surface area (Å²) in [6.07, 6.45) is 6.22. The van der Waals surface area contributed by atoms with Crippen LogP contribution in [0.3, 0.4) is 0 Å². The fraction of sp³-hybridized carbons (Fsp3) is 0.235. The van der Waals surface area contributed by atoms with E-state index in [0.717, 1.165) is 0 Å². The molecule has 4 rings (SSSR count). The van der Waals surface area contributed by atoms with Gasteiger partial charge in [-0.1, -0.05) is 0 Å². The van der Waals surface area contributed by atoms with E-state index < -0.39 is 10.0 Å². The van der Waals surface area contributed by atoms with E-state index in [4.69, 9.17) is 0 Å². The van der Waals surface area contributed by atoms with Crippen LogP contribution in [0, 0.1) is 0 Å². The average Bonchev–Trinajstić information content (AvgIpc) is 3.13. The molecule has 1 aliphatic rings. The van der Waals surface area contributed by atoms with Gasteiger partial charge in [-0.3, -0.25) is 9.78 Å². The van der Waals surface area contributed by atoms with Crippen molar-refractivity contribution in [2.45, 2.75) is 4.90 Å². The second-order valence-electron chi connectivity index (χ2n) is 5.98. The first kappa shape index (κ1) is 16.7. The highest BCUT2D eigenvalue weighted by Crippen LogP contribution is 2.25. The Kier molecular flexibility index (Phi) is 4.17. The van der Waals surface area contributed by atoms with E-state index in [1.807, 2.05) is 0 Å². The standard InChI is InChI=1S/C17H17N5O3S/c23-17(13-3-6-18-7-4-13)21-8-10-22(11-9-21)26(24,25)15-12-20-16-14(15)2-1-5-19-16/h1-7,12H,8-11H2,(H,19,20). The number of piperazine rings is 1. The minimum atomic E-state index is -3.64. The number of carbonyl (C=O) groups excluding carboxylic acids is 1. The predicted octanol–water partition coefficient (Wildman–Crippen LogP) is 1.10. The van der Waals surface area contributed by atoms with Crippen molar-refractivity contribution in [3.05, 3.63) is 54.6 Å². The number of amides is 1. The Balaban J connectivity index is 1.51. The maximum absolute atomic E-state index is 13.0. The lowest BCUT2D eigenvalue weighted by Crippen LogP contribution is -2.50. The van der Waals surface area contributed by atoms with Crippen LogP contribution < -0.4 is 0 Å². The molecule has 0 saturated carbocycles. The number of sulfonamides is 1. The van der Waals surface area contributed by atoms with Gasteiger partial charge in [0.05, 0.1) is 0 Å². The molecule has 0 atom stereocenters. The molecule has 1 amide bonds. The largest absolute Gasteiger partial charge is 0.345 e. The number of nitrogens with zero attached hydrogens (tertiary/aromatic N) is 4. The first-order valence-electron chi connectivity index (χ1n) is 8.19. The third-order valence-electron chi connectivity index (χ3n) is 4.48. The van der Waals surface area contributed by atoms with E-state index in [0.29, 0.717) is 29.7 Å². The Bertz CT molecular complexity index is 1040. The number of hydrogen-bond donors (Lipinski definition) is 1. The molecule has 0 aromatic carbocycles. The summed E-state index contributed by atoms with van der Waals surface area (Å²) in [6.45, 7) is 1.21. The zero-order valence-electron chi connectivity index (χ0n) is 13.9. The molecule has 0 bridgehead atoms. The number of rotatable bonds is 3. The summed E-state index contributed by atoms with van der Waals surface area (Å²) in [6, 6.07) is 6.75. The van der Waals surface area contributed by atoms with Crippen LogP contribution in [-0.4, -0.2) is 64.7 Å². The lowest BCUT2D eigenvalue weighted by atomic mass is 10.2. The number of aromatic amines is 1. The van der Waals surface area contributed by atoms with Crippen LogP contribution in [0.4, 0.5) is 0 Å². The van der Waals surface area contributed by atoms with Crippen molar-refractivity contribution in [1.29, 1.82) is 0 Å². The molecule has 0 radical (unpaired) electrons. The molecular formula is C17H17N5O3S. The van der Waals surface area contributed by atoms with E-state index in [-0.39, 0.29) is 23.9 Å². The van der Waals surface area contributed by atoms with Crippen molar-refractivity contribution in [3.63, 3.8) is 0 Å². The van der Waals surface area contributed by atoms with Crippen LogP contribution in [0.2, 0.25) is 0 Å². The maximum atomic E-state index is 13.0. The highest BCUT2D eigenvalue weighted by atomic mass is 32.2. The Morgan fingerprint density at radius 1 is 1.04 bits per heavy atom. The van der Waals surface area contributed by atoms with Crippen LogP contribution in [0.5, 0.6) is 0 Å². The summed E-state index contributed by atoms with van der Waals surface area (Å²) < 4.78 is 27.4. The van der Waals surface area contributed by atoms with Gasteiger partial charge in [-0.15, -0.1) is 0 Å². The molecule has 3 aromatic rings. The van der Waals surface area contributed by atoms with Gasteiger partial charge >= 0.3 is 0 Å². The van der Waals surface area contributed by atoms with Crippen molar-refractivity contribution in [2.75, 3.05) is 26.2 Å². The van der Waals surface area contributed by atoms with Crippen LogP contribution in [-0.2, 0) is 10.0 Å². The van der Waals surface area contributed by atoms with Crippen molar-refractivity contribution >= 4 is 27.0 Å². The first-order valence-corrected chi connectivity index (χ1v) is 9.63. The van der Waals surface area contributed by atoms with Gasteiger partial charge in [-0.05, 0) is 24.3 Å². The van der Waals surface area contributed by atoms with Crippen LogP contribution in [0.1, 0.15) is 10.4 Å². The quantitative estimate of drug-likeness (QED) is 0.743. The lowest BCUT2D eigenvalue weighted by molar-refractivity contribution is 0.0698. The van der Waals surface area contributed by atoms with Gasteiger partial charge in [0.15, 0.2) is 0 Å². The van der Waals surface area contributed by atoms with Gasteiger partial charge in [0, 0.05) is 61.9 Å². The normalized spacial score (nSPS) is 16.1. The van der Waals surface area contributed by atoms with Gasteiger partial charge in [0.25, 0.3) is 5.91 Å². The third kappa shape index (κ3) is 2.85. The van der Waals surface area contributed by atoms with Gasteiger partial charge < -0.3 is 9.88 Å². The van der Waals surface area contributed by atoms with E-state index in [9.17, 15) is 13.2 Å².